The van der Waals surface area contributed by atoms with Crippen LogP contribution in [0.25, 0.3) is 0 Å². The Balaban J connectivity index is 1.83. The van der Waals surface area contributed by atoms with E-state index in [1.165, 1.54) is 18.2 Å². The summed E-state index contributed by atoms with van der Waals surface area (Å²) >= 11 is 5.60. The summed E-state index contributed by atoms with van der Waals surface area (Å²) in [5.41, 5.74) is 0.475. The Hall–Kier alpha value is -2.21. The number of carbonyl (C=O) groups excluding carboxylic acids is 1. The fourth-order valence-corrected chi connectivity index (χ4v) is 1.92. The summed E-state index contributed by atoms with van der Waals surface area (Å²) in [6.07, 6.45) is 0.0474. The summed E-state index contributed by atoms with van der Waals surface area (Å²) in [4.78, 5) is 11.7. The Morgan fingerprint density at radius 2 is 1.82 bits per heavy atom. The average molecular weight is 329 g/mol. The van der Waals surface area contributed by atoms with Gasteiger partial charge in [-0.2, -0.15) is 0 Å². The van der Waals surface area contributed by atoms with Gasteiger partial charge in [0.2, 0.25) is 5.91 Å². The van der Waals surface area contributed by atoms with Crippen LogP contribution in [0.4, 0.5) is 24.5 Å². The number of amides is 1. The predicted octanol–water partition coefficient (Wildman–Crippen LogP) is 4.20. The second-order valence-corrected chi connectivity index (χ2v) is 4.89. The highest BCUT2D eigenvalue weighted by Crippen LogP contribution is 2.19. The lowest BCUT2D eigenvalue weighted by Crippen LogP contribution is -2.16. The first-order chi connectivity index (χ1) is 10.5. The lowest BCUT2D eigenvalue weighted by molar-refractivity contribution is -0.115. The van der Waals surface area contributed by atoms with E-state index >= 15 is 0 Å². The van der Waals surface area contributed by atoms with Crippen LogP contribution in [0, 0.1) is 17.5 Å². The van der Waals surface area contributed by atoms with E-state index in [0.29, 0.717) is 5.69 Å². The number of benzene rings is 2. The Morgan fingerprint density at radius 3 is 2.50 bits per heavy atom. The summed E-state index contributed by atoms with van der Waals surface area (Å²) in [5, 5.41) is 5.13. The molecule has 0 spiro atoms. The van der Waals surface area contributed by atoms with Gasteiger partial charge < -0.3 is 10.6 Å². The standard InChI is InChI=1S/C15H12ClF3N2O/c16-11-8-10(2-3-12(11)18)21-15(22)5-6-20-14-4-1-9(17)7-13(14)19/h1-4,7-8,20H,5-6H2,(H,21,22). The number of nitrogens with one attached hydrogen (secondary N) is 2. The van der Waals surface area contributed by atoms with E-state index in [9.17, 15) is 18.0 Å². The van der Waals surface area contributed by atoms with Gasteiger partial charge in [-0.05, 0) is 30.3 Å². The summed E-state index contributed by atoms with van der Waals surface area (Å²) in [7, 11) is 0. The molecule has 0 saturated carbocycles. The minimum atomic E-state index is -0.731. The normalized spacial score (nSPS) is 10.4. The molecule has 2 aromatic rings. The van der Waals surface area contributed by atoms with E-state index < -0.39 is 17.5 Å². The minimum absolute atomic E-state index is 0.0474. The fourth-order valence-electron chi connectivity index (χ4n) is 1.74. The molecule has 3 nitrogen and oxygen atoms in total. The third-order valence-electron chi connectivity index (χ3n) is 2.80. The average Bonchev–Trinajstić information content (AvgIpc) is 2.45. The van der Waals surface area contributed by atoms with Gasteiger partial charge in [0, 0.05) is 24.7 Å². The lowest BCUT2D eigenvalue weighted by atomic mass is 10.2. The Labute approximate surface area is 130 Å². The maximum Gasteiger partial charge on any atom is 0.226 e. The summed E-state index contributed by atoms with van der Waals surface area (Å²) in [6, 6.07) is 6.94. The first-order valence-electron chi connectivity index (χ1n) is 6.39. The van der Waals surface area contributed by atoms with Crippen molar-refractivity contribution in [1.82, 2.24) is 0 Å². The van der Waals surface area contributed by atoms with Crippen LogP contribution in [0.15, 0.2) is 36.4 Å². The molecule has 0 fully saturated rings. The third kappa shape index (κ3) is 4.39. The maximum absolute atomic E-state index is 13.4. The molecule has 0 saturated heterocycles. The van der Waals surface area contributed by atoms with Crippen molar-refractivity contribution in [3.63, 3.8) is 0 Å². The van der Waals surface area contributed by atoms with E-state index in [1.807, 2.05) is 0 Å². The van der Waals surface area contributed by atoms with E-state index in [4.69, 9.17) is 11.6 Å². The number of anilines is 2. The van der Waals surface area contributed by atoms with Crippen molar-refractivity contribution in [2.24, 2.45) is 0 Å². The van der Waals surface area contributed by atoms with Gasteiger partial charge in [0.05, 0.1) is 10.7 Å². The van der Waals surface area contributed by atoms with Gasteiger partial charge in [-0.1, -0.05) is 11.6 Å². The highest BCUT2D eigenvalue weighted by atomic mass is 35.5. The summed E-state index contributed by atoms with van der Waals surface area (Å²) in [6.45, 7) is 0.156. The molecule has 2 aromatic carbocycles. The minimum Gasteiger partial charge on any atom is -0.382 e. The zero-order valence-electron chi connectivity index (χ0n) is 11.3. The molecule has 0 aliphatic rings. The molecule has 0 heterocycles. The van der Waals surface area contributed by atoms with Crippen LogP contribution in [0.5, 0.6) is 0 Å². The molecule has 2 N–H and O–H groups in total. The molecule has 116 valence electrons. The molecule has 0 aromatic heterocycles. The number of hydrogen-bond acceptors (Lipinski definition) is 2. The van der Waals surface area contributed by atoms with Crippen LogP contribution in [-0.2, 0) is 4.79 Å². The van der Waals surface area contributed by atoms with E-state index in [2.05, 4.69) is 10.6 Å². The molecule has 0 radical (unpaired) electrons. The first-order valence-corrected chi connectivity index (χ1v) is 6.77. The van der Waals surface area contributed by atoms with Gasteiger partial charge in [0.25, 0.3) is 0 Å². The molecule has 0 aliphatic carbocycles. The molecule has 0 bridgehead atoms. The van der Waals surface area contributed by atoms with Crippen molar-refractivity contribution in [2.75, 3.05) is 17.2 Å². The second-order valence-electron chi connectivity index (χ2n) is 4.48. The van der Waals surface area contributed by atoms with E-state index in [1.54, 1.807) is 0 Å². The fraction of sp³-hybridized carbons (Fsp3) is 0.133. The van der Waals surface area contributed by atoms with Crippen molar-refractivity contribution < 1.29 is 18.0 Å². The zero-order chi connectivity index (χ0) is 16.1. The Bertz CT molecular complexity index is 694. The zero-order valence-corrected chi connectivity index (χ0v) is 12.1. The van der Waals surface area contributed by atoms with Crippen LogP contribution < -0.4 is 10.6 Å². The van der Waals surface area contributed by atoms with E-state index in [0.717, 1.165) is 18.2 Å². The van der Waals surface area contributed by atoms with Gasteiger partial charge in [-0.15, -0.1) is 0 Å². The van der Waals surface area contributed by atoms with Crippen molar-refractivity contribution in [2.45, 2.75) is 6.42 Å². The van der Waals surface area contributed by atoms with Gasteiger partial charge in [0.15, 0.2) is 0 Å². The molecule has 22 heavy (non-hydrogen) atoms. The monoisotopic (exact) mass is 328 g/mol. The van der Waals surface area contributed by atoms with Crippen LogP contribution in [0.1, 0.15) is 6.42 Å². The van der Waals surface area contributed by atoms with Crippen molar-refractivity contribution in [3.05, 3.63) is 58.9 Å². The number of halogens is 4. The lowest BCUT2D eigenvalue weighted by Gasteiger charge is -2.09. The topological polar surface area (TPSA) is 41.1 Å². The Kier molecular flexibility index (Phi) is 5.27. The molecule has 0 unspecified atom stereocenters. The molecular formula is C15H12ClF3N2O. The quantitative estimate of drug-likeness (QED) is 0.863. The van der Waals surface area contributed by atoms with Crippen LogP contribution in [0.3, 0.4) is 0 Å². The van der Waals surface area contributed by atoms with Crippen LogP contribution in [0.2, 0.25) is 5.02 Å². The van der Waals surface area contributed by atoms with Gasteiger partial charge in [-0.25, -0.2) is 13.2 Å². The molecule has 1 amide bonds. The van der Waals surface area contributed by atoms with Gasteiger partial charge >= 0.3 is 0 Å². The third-order valence-corrected chi connectivity index (χ3v) is 3.09. The smallest absolute Gasteiger partial charge is 0.226 e. The second kappa shape index (κ2) is 7.17. The van der Waals surface area contributed by atoms with Crippen LogP contribution >= 0.6 is 11.6 Å². The highest BCUT2D eigenvalue weighted by Gasteiger charge is 2.07. The van der Waals surface area contributed by atoms with Crippen molar-refractivity contribution >= 4 is 28.9 Å². The number of hydrogen-bond donors (Lipinski definition) is 2. The first kappa shape index (κ1) is 16.2. The van der Waals surface area contributed by atoms with Crippen LogP contribution in [-0.4, -0.2) is 12.5 Å². The maximum atomic E-state index is 13.4. The summed E-state index contributed by atoms with van der Waals surface area (Å²) in [5.74, 6) is -2.33. The SMILES string of the molecule is O=C(CCNc1ccc(F)cc1F)Nc1ccc(F)c(Cl)c1. The molecule has 7 heteroatoms. The predicted molar refractivity (Wildman–Crippen MR) is 79.5 cm³/mol. The molecule has 2 rings (SSSR count). The largest absolute Gasteiger partial charge is 0.382 e. The summed E-state index contributed by atoms with van der Waals surface area (Å²) < 4.78 is 39.1. The van der Waals surface area contributed by atoms with E-state index in [-0.39, 0.29) is 29.6 Å². The Morgan fingerprint density at radius 1 is 1.05 bits per heavy atom. The van der Waals surface area contributed by atoms with Crippen molar-refractivity contribution in [1.29, 1.82) is 0 Å². The van der Waals surface area contributed by atoms with Crippen molar-refractivity contribution in [3.8, 4) is 0 Å². The number of carbonyl (C=O) groups is 1. The van der Waals surface area contributed by atoms with Gasteiger partial charge in [-0.3, -0.25) is 4.79 Å². The highest BCUT2D eigenvalue weighted by molar-refractivity contribution is 6.31. The molecule has 0 aliphatic heterocycles. The number of rotatable bonds is 5. The molecular weight excluding hydrogens is 317 g/mol. The molecule has 0 atom stereocenters. The van der Waals surface area contributed by atoms with Gasteiger partial charge in [0.1, 0.15) is 17.5 Å².